The molecule has 5 heteroatoms. The number of aromatic nitrogens is 2. The Hall–Kier alpha value is -3.08. The summed E-state index contributed by atoms with van der Waals surface area (Å²) in [7, 11) is 0. The molecule has 0 aliphatic rings. The van der Waals surface area contributed by atoms with Crippen molar-refractivity contribution in [1.82, 2.24) is 9.97 Å². The van der Waals surface area contributed by atoms with E-state index in [1.54, 1.807) is 24.5 Å². The third kappa shape index (κ3) is 3.77. The van der Waals surface area contributed by atoms with Gasteiger partial charge in [0.1, 0.15) is 5.82 Å². The van der Waals surface area contributed by atoms with Crippen LogP contribution in [0, 0.1) is 5.82 Å². The zero-order valence-corrected chi connectivity index (χ0v) is 12.6. The van der Waals surface area contributed by atoms with Crippen LogP contribution < -0.4 is 5.43 Å². The molecule has 0 atom stereocenters. The highest BCUT2D eigenvalue weighted by Gasteiger charge is 2.01. The molecule has 1 N–H and O–H groups in total. The van der Waals surface area contributed by atoms with Gasteiger partial charge in [-0.2, -0.15) is 5.10 Å². The SMILES string of the molecule is CC(=NNc1ncc(-c2ccccc2)cn1)c1ccc(F)cc1. The maximum atomic E-state index is 12.9. The minimum atomic E-state index is -0.269. The maximum absolute atomic E-state index is 12.9. The summed E-state index contributed by atoms with van der Waals surface area (Å²) in [6.45, 7) is 1.83. The number of nitrogens with one attached hydrogen (secondary N) is 1. The van der Waals surface area contributed by atoms with E-state index in [-0.39, 0.29) is 5.82 Å². The van der Waals surface area contributed by atoms with Crippen LogP contribution in [0.2, 0.25) is 0 Å². The van der Waals surface area contributed by atoms with Crippen molar-refractivity contribution in [1.29, 1.82) is 0 Å². The minimum Gasteiger partial charge on any atom is -0.245 e. The van der Waals surface area contributed by atoms with Crippen molar-refractivity contribution in [3.8, 4) is 11.1 Å². The van der Waals surface area contributed by atoms with E-state index in [4.69, 9.17) is 0 Å². The van der Waals surface area contributed by atoms with Crippen molar-refractivity contribution >= 4 is 11.7 Å². The summed E-state index contributed by atoms with van der Waals surface area (Å²) in [5, 5.41) is 4.22. The lowest BCUT2D eigenvalue weighted by atomic mass is 10.1. The van der Waals surface area contributed by atoms with Gasteiger partial charge in [0, 0.05) is 18.0 Å². The van der Waals surface area contributed by atoms with Gasteiger partial charge in [0.15, 0.2) is 0 Å². The number of halogens is 1. The Morgan fingerprint density at radius 3 is 2.22 bits per heavy atom. The summed E-state index contributed by atoms with van der Waals surface area (Å²) in [5.41, 5.74) is 6.36. The number of hydrazone groups is 1. The number of benzene rings is 2. The van der Waals surface area contributed by atoms with Crippen LogP contribution in [0.1, 0.15) is 12.5 Å². The molecule has 0 radical (unpaired) electrons. The highest BCUT2D eigenvalue weighted by atomic mass is 19.1. The average Bonchev–Trinajstić information content (AvgIpc) is 2.61. The van der Waals surface area contributed by atoms with E-state index in [1.165, 1.54) is 12.1 Å². The van der Waals surface area contributed by atoms with Crippen LogP contribution in [0.25, 0.3) is 11.1 Å². The van der Waals surface area contributed by atoms with Gasteiger partial charge in [-0.25, -0.2) is 19.8 Å². The summed E-state index contributed by atoms with van der Waals surface area (Å²) in [4.78, 5) is 8.49. The van der Waals surface area contributed by atoms with Gasteiger partial charge in [0.05, 0.1) is 5.71 Å². The summed E-state index contributed by atoms with van der Waals surface area (Å²) >= 11 is 0. The summed E-state index contributed by atoms with van der Waals surface area (Å²) in [5.74, 6) is 0.139. The molecule has 0 fully saturated rings. The lowest BCUT2D eigenvalue weighted by molar-refractivity contribution is 0.628. The van der Waals surface area contributed by atoms with E-state index in [1.807, 2.05) is 37.3 Å². The third-order valence-electron chi connectivity index (χ3n) is 3.34. The van der Waals surface area contributed by atoms with E-state index >= 15 is 0 Å². The minimum absolute atomic E-state index is 0.269. The molecule has 23 heavy (non-hydrogen) atoms. The molecule has 114 valence electrons. The van der Waals surface area contributed by atoms with Crippen molar-refractivity contribution in [2.24, 2.45) is 5.10 Å². The molecule has 0 aliphatic carbocycles. The molecule has 3 aromatic rings. The zero-order valence-electron chi connectivity index (χ0n) is 12.6. The molecule has 0 saturated heterocycles. The Balaban J connectivity index is 1.71. The molecule has 0 bridgehead atoms. The van der Waals surface area contributed by atoms with Gasteiger partial charge < -0.3 is 0 Å². The highest BCUT2D eigenvalue weighted by molar-refractivity contribution is 5.98. The molecule has 1 aromatic heterocycles. The molecular formula is C18H15FN4. The number of nitrogens with zero attached hydrogens (tertiary/aromatic N) is 3. The van der Waals surface area contributed by atoms with Crippen LogP contribution in [0.3, 0.4) is 0 Å². The molecular weight excluding hydrogens is 291 g/mol. The van der Waals surface area contributed by atoms with E-state index in [0.29, 0.717) is 5.95 Å². The van der Waals surface area contributed by atoms with Crippen molar-refractivity contribution in [2.45, 2.75) is 6.92 Å². The number of anilines is 1. The highest BCUT2D eigenvalue weighted by Crippen LogP contribution is 2.17. The van der Waals surface area contributed by atoms with E-state index in [0.717, 1.165) is 22.4 Å². The first-order chi connectivity index (χ1) is 11.2. The fourth-order valence-electron chi connectivity index (χ4n) is 2.05. The summed E-state index contributed by atoms with van der Waals surface area (Å²) in [6.07, 6.45) is 3.49. The van der Waals surface area contributed by atoms with Crippen molar-refractivity contribution < 1.29 is 4.39 Å². The largest absolute Gasteiger partial charge is 0.245 e. The molecule has 1 heterocycles. The van der Waals surface area contributed by atoms with Crippen LogP contribution in [-0.2, 0) is 0 Å². The second kappa shape index (κ2) is 6.79. The van der Waals surface area contributed by atoms with Gasteiger partial charge in [-0.05, 0) is 30.2 Å². The van der Waals surface area contributed by atoms with Gasteiger partial charge in [0.2, 0.25) is 5.95 Å². The molecule has 0 unspecified atom stereocenters. The Bertz CT molecular complexity index is 797. The number of hydrogen-bond acceptors (Lipinski definition) is 4. The zero-order chi connectivity index (χ0) is 16.1. The van der Waals surface area contributed by atoms with E-state index in [2.05, 4.69) is 20.5 Å². The normalized spacial score (nSPS) is 11.3. The Labute approximate surface area is 133 Å². The van der Waals surface area contributed by atoms with Crippen LogP contribution in [-0.4, -0.2) is 15.7 Å². The van der Waals surface area contributed by atoms with Crippen LogP contribution in [0.5, 0.6) is 0 Å². The van der Waals surface area contributed by atoms with Gasteiger partial charge in [0.25, 0.3) is 0 Å². The second-order valence-electron chi connectivity index (χ2n) is 4.98. The van der Waals surface area contributed by atoms with Crippen molar-refractivity contribution in [3.63, 3.8) is 0 Å². The quantitative estimate of drug-likeness (QED) is 0.582. The van der Waals surface area contributed by atoms with Gasteiger partial charge in [-0.1, -0.05) is 42.5 Å². The third-order valence-corrected chi connectivity index (χ3v) is 3.34. The van der Waals surface area contributed by atoms with Crippen LogP contribution in [0.15, 0.2) is 72.1 Å². The Kier molecular flexibility index (Phi) is 4.38. The number of hydrogen-bond donors (Lipinski definition) is 1. The van der Waals surface area contributed by atoms with E-state index < -0.39 is 0 Å². The second-order valence-corrected chi connectivity index (χ2v) is 4.98. The first-order valence-corrected chi connectivity index (χ1v) is 7.16. The maximum Gasteiger partial charge on any atom is 0.243 e. The Morgan fingerprint density at radius 2 is 1.57 bits per heavy atom. The lowest BCUT2D eigenvalue weighted by Gasteiger charge is -2.04. The van der Waals surface area contributed by atoms with Gasteiger partial charge in [-0.15, -0.1) is 0 Å². The van der Waals surface area contributed by atoms with Crippen molar-refractivity contribution in [3.05, 3.63) is 78.4 Å². The van der Waals surface area contributed by atoms with Crippen LogP contribution in [0.4, 0.5) is 10.3 Å². The molecule has 3 rings (SSSR count). The van der Waals surface area contributed by atoms with Gasteiger partial charge >= 0.3 is 0 Å². The standard InChI is InChI=1S/C18H15FN4/c1-13(14-7-9-17(19)10-8-14)22-23-18-20-11-16(12-21-18)15-5-3-2-4-6-15/h2-12H,1H3,(H,20,21,23). The fraction of sp³-hybridized carbons (Fsp3) is 0.0556. The topological polar surface area (TPSA) is 50.2 Å². The first-order valence-electron chi connectivity index (χ1n) is 7.16. The van der Waals surface area contributed by atoms with E-state index in [9.17, 15) is 4.39 Å². The van der Waals surface area contributed by atoms with Crippen molar-refractivity contribution in [2.75, 3.05) is 5.43 Å². The molecule has 0 aliphatic heterocycles. The van der Waals surface area contributed by atoms with Crippen LogP contribution >= 0.6 is 0 Å². The summed E-state index contributed by atoms with van der Waals surface area (Å²) in [6, 6.07) is 16.1. The molecule has 0 spiro atoms. The molecule has 4 nitrogen and oxygen atoms in total. The lowest BCUT2D eigenvalue weighted by Crippen LogP contribution is -2.02. The monoisotopic (exact) mass is 306 g/mol. The summed E-state index contributed by atoms with van der Waals surface area (Å²) < 4.78 is 12.9. The van der Waals surface area contributed by atoms with Gasteiger partial charge in [-0.3, -0.25) is 0 Å². The first kappa shape index (κ1) is 14.8. The molecule has 0 saturated carbocycles. The average molecular weight is 306 g/mol. The Morgan fingerprint density at radius 1 is 0.913 bits per heavy atom. The smallest absolute Gasteiger partial charge is 0.243 e. The molecule has 0 amide bonds. The predicted octanol–water partition coefficient (Wildman–Crippen LogP) is 4.12. The fourth-order valence-corrected chi connectivity index (χ4v) is 2.05. The predicted molar refractivity (Wildman–Crippen MR) is 89.7 cm³/mol. The molecule has 2 aromatic carbocycles. The number of rotatable bonds is 4.